The molecule has 0 amide bonds. The van der Waals surface area contributed by atoms with Crippen LogP contribution in [-0.2, 0) is 9.53 Å². The number of hydrogen-bond acceptors (Lipinski definition) is 5. The number of esters is 1. The second-order valence-electron chi connectivity index (χ2n) is 3.34. The van der Waals surface area contributed by atoms with E-state index in [4.69, 9.17) is 4.74 Å². The van der Waals surface area contributed by atoms with E-state index in [9.17, 15) is 4.79 Å². The minimum atomic E-state index is -0.853. The number of ether oxygens (including phenoxy) is 1. The molecular formula is C9H18O2S3. The van der Waals surface area contributed by atoms with Crippen LogP contribution in [0.2, 0.25) is 0 Å². The highest BCUT2D eigenvalue weighted by Crippen LogP contribution is 2.28. The molecule has 5 heteroatoms. The standard InChI is InChI=1S/C9H18O2S3/c1-4-6(12)9(3,14)8(10)11-7(13)5-2/h6-7,12-14H,4-5H2,1-3H3. The van der Waals surface area contributed by atoms with Crippen LogP contribution in [-0.4, -0.2) is 21.4 Å². The van der Waals surface area contributed by atoms with Gasteiger partial charge < -0.3 is 4.74 Å². The zero-order valence-corrected chi connectivity index (χ0v) is 11.4. The maximum atomic E-state index is 11.6. The summed E-state index contributed by atoms with van der Waals surface area (Å²) >= 11 is 12.7. The summed E-state index contributed by atoms with van der Waals surface area (Å²) in [4.78, 5) is 11.6. The van der Waals surface area contributed by atoms with E-state index in [-0.39, 0.29) is 16.7 Å². The summed E-state index contributed by atoms with van der Waals surface area (Å²) in [5, 5.41) is -0.115. The molecule has 0 aliphatic carbocycles. The van der Waals surface area contributed by atoms with Gasteiger partial charge in [-0.15, -0.1) is 12.6 Å². The second-order valence-corrected chi connectivity index (χ2v) is 5.47. The van der Waals surface area contributed by atoms with Gasteiger partial charge >= 0.3 is 5.97 Å². The zero-order valence-electron chi connectivity index (χ0n) is 8.73. The van der Waals surface area contributed by atoms with Gasteiger partial charge in [0.2, 0.25) is 0 Å². The Kier molecular flexibility index (Phi) is 6.41. The van der Waals surface area contributed by atoms with E-state index in [1.807, 2.05) is 13.8 Å². The third-order valence-electron chi connectivity index (χ3n) is 2.04. The fraction of sp³-hybridized carbons (Fsp3) is 0.889. The van der Waals surface area contributed by atoms with E-state index in [0.717, 1.165) is 6.42 Å². The van der Waals surface area contributed by atoms with Gasteiger partial charge in [0, 0.05) is 5.25 Å². The van der Waals surface area contributed by atoms with Crippen LogP contribution in [0.25, 0.3) is 0 Å². The second kappa shape index (κ2) is 6.18. The summed E-state index contributed by atoms with van der Waals surface area (Å²) in [5.41, 5.74) is -0.355. The smallest absolute Gasteiger partial charge is 0.323 e. The monoisotopic (exact) mass is 254 g/mol. The van der Waals surface area contributed by atoms with E-state index in [1.54, 1.807) is 6.92 Å². The topological polar surface area (TPSA) is 26.3 Å². The van der Waals surface area contributed by atoms with E-state index < -0.39 is 4.75 Å². The van der Waals surface area contributed by atoms with Crippen LogP contribution in [0.4, 0.5) is 0 Å². The lowest BCUT2D eigenvalue weighted by molar-refractivity contribution is -0.147. The molecule has 0 aromatic heterocycles. The molecule has 0 aromatic rings. The lowest BCUT2D eigenvalue weighted by atomic mass is 10.0. The first-order valence-corrected chi connectivity index (χ1v) is 6.13. The van der Waals surface area contributed by atoms with Gasteiger partial charge in [-0.1, -0.05) is 13.8 Å². The highest BCUT2D eigenvalue weighted by atomic mass is 32.1. The van der Waals surface area contributed by atoms with Crippen molar-refractivity contribution in [1.29, 1.82) is 0 Å². The molecule has 0 aromatic carbocycles. The first kappa shape index (κ1) is 14.5. The van der Waals surface area contributed by atoms with Gasteiger partial charge in [0.15, 0.2) is 0 Å². The highest BCUT2D eigenvalue weighted by Gasteiger charge is 2.37. The predicted molar refractivity (Wildman–Crippen MR) is 69.6 cm³/mol. The molecule has 0 heterocycles. The summed E-state index contributed by atoms with van der Waals surface area (Å²) in [6.45, 7) is 5.58. The molecule has 0 aliphatic rings. The molecule has 3 unspecified atom stereocenters. The van der Waals surface area contributed by atoms with Gasteiger partial charge in [-0.2, -0.15) is 25.3 Å². The maximum absolute atomic E-state index is 11.6. The summed E-state index contributed by atoms with van der Waals surface area (Å²) in [5.74, 6) is -0.357. The van der Waals surface area contributed by atoms with Crippen molar-refractivity contribution in [3.63, 3.8) is 0 Å². The number of carbonyl (C=O) groups is 1. The Labute approximate surface area is 102 Å². The molecule has 0 spiro atoms. The van der Waals surface area contributed by atoms with Gasteiger partial charge in [-0.05, 0) is 19.8 Å². The minimum Gasteiger partial charge on any atom is -0.451 e. The molecule has 0 radical (unpaired) electrons. The van der Waals surface area contributed by atoms with Gasteiger partial charge in [0.25, 0.3) is 0 Å². The van der Waals surface area contributed by atoms with Gasteiger partial charge in [-0.25, -0.2) is 0 Å². The van der Waals surface area contributed by atoms with Crippen LogP contribution in [0.1, 0.15) is 33.6 Å². The van der Waals surface area contributed by atoms with Crippen molar-refractivity contribution in [1.82, 2.24) is 0 Å². The van der Waals surface area contributed by atoms with Crippen molar-refractivity contribution in [2.75, 3.05) is 0 Å². The summed E-state index contributed by atoms with van der Waals surface area (Å²) < 4.78 is 4.23. The zero-order chi connectivity index (χ0) is 11.4. The molecule has 84 valence electrons. The Morgan fingerprint density at radius 2 is 1.86 bits per heavy atom. The van der Waals surface area contributed by atoms with Crippen molar-refractivity contribution in [3.8, 4) is 0 Å². The van der Waals surface area contributed by atoms with Crippen LogP contribution in [0.3, 0.4) is 0 Å². The van der Waals surface area contributed by atoms with Crippen molar-refractivity contribution < 1.29 is 9.53 Å². The third kappa shape index (κ3) is 3.95. The summed E-state index contributed by atoms with van der Waals surface area (Å²) in [6.07, 6.45) is 1.45. The van der Waals surface area contributed by atoms with Gasteiger partial charge in [0.1, 0.15) is 10.2 Å². The largest absolute Gasteiger partial charge is 0.451 e. The summed E-state index contributed by atoms with van der Waals surface area (Å²) in [6, 6.07) is 0. The van der Waals surface area contributed by atoms with Crippen LogP contribution in [0.15, 0.2) is 0 Å². The molecular weight excluding hydrogens is 236 g/mol. The van der Waals surface area contributed by atoms with Crippen LogP contribution in [0.5, 0.6) is 0 Å². The quantitative estimate of drug-likeness (QED) is 0.399. The van der Waals surface area contributed by atoms with Gasteiger partial charge in [0.05, 0.1) is 0 Å². The maximum Gasteiger partial charge on any atom is 0.323 e. The van der Waals surface area contributed by atoms with Crippen LogP contribution < -0.4 is 0 Å². The lowest BCUT2D eigenvalue weighted by Gasteiger charge is -2.28. The molecule has 0 saturated heterocycles. The predicted octanol–water partition coefficient (Wildman–Crippen LogP) is 2.59. The number of carbonyl (C=O) groups excluding carboxylic acids is 1. The average Bonchev–Trinajstić information content (AvgIpc) is 2.15. The van der Waals surface area contributed by atoms with E-state index >= 15 is 0 Å². The van der Waals surface area contributed by atoms with Crippen LogP contribution >= 0.6 is 37.9 Å². The molecule has 2 nitrogen and oxygen atoms in total. The normalized spacial score (nSPS) is 19.6. The molecule has 14 heavy (non-hydrogen) atoms. The van der Waals surface area contributed by atoms with Crippen molar-refractivity contribution in [3.05, 3.63) is 0 Å². The minimum absolute atomic E-state index is 0.115. The molecule has 0 fully saturated rings. The van der Waals surface area contributed by atoms with E-state index in [1.165, 1.54) is 0 Å². The SMILES string of the molecule is CCC(S)OC(=O)C(C)(S)C(S)CC. The number of rotatable bonds is 5. The lowest BCUT2D eigenvalue weighted by Crippen LogP contribution is -2.41. The van der Waals surface area contributed by atoms with Crippen molar-refractivity contribution in [2.45, 2.75) is 49.0 Å². The molecule has 0 bridgehead atoms. The molecule has 0 N–H and O–H groups in total. The van der Waals surface area contributed by atoms with Crippen LogP contribution in [0, 0.1) is 0 Å². The number of thiol groups is 3. The van der Waals surface area contributed by atoms with Gasteiger partial charge in [-0.3, -0.25) is 4.79 Å². The van der Waals surface area contributed by atoms with Crippen molar-refractivity contribution >= 4 is 43.9 Å². The Bertz CT molecular complexity index is 194. The number of hydrogen-bond donors (Lipinski definition) is 3. The average molecular weight is 254 g/mol. The summed E-state index contributed by atoms with van der Waals surface area (Å²) in [7, 11) is 0. The first-order valence-electron chi connectivity index (χ1n) is 4.65. The first-order chi connectivity index (χ1) is 6.36. The molecule has 0 saturated carbocycles. The Morgan fingerprint density at radius 1 is 1.36 bits per heavy atom. The van der Waals surface area contributed by atoms with E-state index in [0.29, 0.717) is 6.42 Å². The van der Waals surface area contributed by atoms with Crippen molar-refractivity contribution in [2.24, 2.45) is 0 Å². The Hall–Kier alpha value is 0.520. The fourth-order valence-corrected chi connectivity index (χ4v) is 1.30. The Balaban J connectivity index is 4.35. The van der Waals surface area contributed by atoms with E-state index in [2.05, 4.69) is 37.9 Å². The fourth-order valence-electron chi connectivity index (χ4n) is 0.860. The molecule has 0 rings (SSSR count). The highest BCUT2D eigenvalue weighted by molar-refractivity contribution is 7.86. The Morgan fingerprint density at radius 3 is 2.21 bits per heavy atom. The molecule has 0 aliphatic heterocycles. The molecule has 3 atom stereocenters. The third-order valence-corrected chi connectivity index (χ3v) is 4.09.